The molecular formula is C18H24O. The molecular weight excluding hydrogens is 232 g/mol. The molecule has 1 aromatic rings. The molecule has 19 heavy (non-hydrogen) atoms. The smallest absolute Gasteiger partial charge is 0.139 e. The predicted octanol–water partition coefficient (Wildman–Crippen LogP) is 4.33. The number of hydrogen-bond acceptors (Lipinski definition) is 1. The van der Waals surface area contributed by atoms with E-state index in [1.54, 1.807) is 0 Å². The highest BCUT2D eigenvalue weighted by atomic mass is 16.1. The Labute approximate surface area is 116 Å². The monoisotopic (exact) mass is 256 g/mol. The van der Waals surface area contributed by atoms with Crippen LogP contribution in [0.1, 0.15) is 56.1 Å². The van der Waals surface area contributed by atoms with Crippen LogP contribution in [0.25, 0.3) is 0 Å². The number of benzene rings is 1. The molecule has 0 saturated heterocycles. The first kappa shape index (κ1) is 12.9. The molecule has 0 N–H and O–H groups in total. The molecule has 0 atom stereocenters. The number of carbonyl (C=O) groups excluding carboxylic acids is 1. The second-order valence-corrected chi connectivity index (χ2v) is 6.32. The molecule has 1 aromatic carbocycles. The Hall–Kier alpha value is -1.11. The highest BCUT2D eigenvalue weighted by Crippen LogP contribution is 2.32. The molecule has 0 bridgehead atoms. The fraction of sp³-hybridized carbons (Fsp3) is 0.611. The van der Waals surface area contributed by atoms with Crippen LogP contribution in [0.2, 0.25) is 0 Å². The number of rotatable bonds is 2. The van der Waals surface area contributed by atoms with Gasteiger partial charge in [0.05, 0.1) is 0 Å². The van der Waals surface area contributed by atoms with Crippen LogP contribution in [0.5, 0.6) is 0 Å². The molecule has 1 heteroatoms. The maximum Gasteiger partial charge on any atom is 0.139 e. The van der Waals surface area contributed by atoms with E-state index in [1.165, 1.54) is 43.2 Å². The van der Waals surface area contributed by atoms with Gasteiger partial charge in [-0.2, -0.15) is 0 Å². The summed E-state index contributed by atoms with van der Waals surface area (Å²) in [6.45, 7) is 0. The van der Waals surface area contributed by atoms with E-state index in [1.807, 2.05) is 0 Å². The molecule has 0 amide bonds. The average Bonchev–Trinajstić information content (AvgIpc) is 2.81. The number of Topliss-reactive ketones (excluding diaryl/α,β-unsaturated/α-hetero) is 1. The van der Waals surface area contributed by atoms with Gasteiger partial charge in [-0.3, -0.25) is 4.79 Å². The van der Waals surface area contributed by atoms with E-state index in [0.29, 0.717) is 11.7 Å². The first-order valence-electron chi connectivity index (χ1n) is 7.95. The van der Waals surface area contributed by atoms with Crippen LogP contribution in [0, 0.1) is 11.8 Å². The molecule has 1 fully saturated rings. The van der Waals surface area contributed by atoms with Crippen molar-refractivity contribution in [2.24, 2.45) is 11.8 Å². The number of fused-ring (bicyclic) bond motifs is 1. The minimum Gasteiger partial charge on any atom is -0.299 e. The lowest BCUT2D eigenvalue weighted by Gasteiger charge is -2.21. The molecule has 2 aliphatic rings. The Morgan fingerprint density at radius 3 is 1.89 bits per heavy atom. The van der Waals surface area contributed by atoms with E-state index in [9.17, 15) is 4.79 Å². The average molecular weight is 256 g/mol. The third-order valence-corrected chi connectivity index (χ3v) is 4.96. The molecule has 0 aliphatic heterocycles. The second kappa shape index (κ2) is 5.90. The quantitative estimate of drug-likeness (QED) is 0.769. The zero-order valence-corrected chi connectivity index (χ0v) is 11.7. The predicted molar refractivity (Wildman–Crippen MR) is 78.2 cm³/mol. The van der Waals surface area contributed by atoms with Crippen LogP contribution in [-0.2, 0) is 17.6 Å². The van der Waals surface area contributed by atoms with Crippen molar-refractivity contribution < 1.29 is 4.79 Å². The van der Waals surface area contributed by atoms with Gasteiger partial charge >= 0.3 is 0 Å². The summed E-state index contributed by atoms with van der Waals surface area (Å²) >= 11 is 0. The minimum atomic E-state index is 0.279. The maximum atomic E-state index is 12.7. The standard InChI is InChI=1S/C18H24O/c19-18(14-8-4-2-1-3-5-9-14)17-12-15-10-6-7-11-16(15)13-17/h6-7,10-11,14,17H,1-5,8-9,12-13H2. The number of ketones is 1. The lowest BCUT2D eigenvalue weighted by molar-refractivity contribution is -0.127. The Morgan fingerprint density at radius 2 is 1.32 bits per heavy atom. The summed E-state index contributed by atoms with van der Waals surface area (Å²) in [6.07, 6.45) is 10.8. The molecule has 0 spiro atoms. The topological polar surface area (TPSA) is 17.1 Å². The van der Waals surface area contributed by atoms with Gasteiger partial charge in [0, 0.05) is 11.8 Å². The van der Waals surface area contributed by atoms with Crippen LogP contribution in [-0.4, -0.2) is 5.78 Å². The van der Waals surface area contributed by atoms with Crippen molar-refractivity contribution in [3.63, 3.8) is 0 Å². The summed E-state index contributed by atoms with van der Waals surface area (Å²) in [7, 11) is 0. The van der Waals surface area contributed by atoms with Crippen molar-refractivity contribution in [2.45, 2.75) is 57.8 Å². The summed E-state index contributed by atoms with van der Waals surface area (Å²) in [5.74, 6) is 1.21. The van der Waals surface area contributed by atoms with Gasteiger partial charge in [-0.05, 0) is 36.8 Å². The molecule has 0 aromatic heterocycles. The van der Waals surface area contributed by atoms with Gasteiger partial charge < -0.3 is 0 Å². The van der Waals surface area contributed by atoms with Crippen LogP contribution >= 0.6 is 0 Å². The highest BCUT2D eigenvalue weighted by molar-refractivity contribution is 5.84. The normalized spacial score (nSPS) is 21.7. The van der Waals surface area contributed by atoms with Crippen molar-refractivity contribution in [3.05, 3.63) is 35.4 Å². The van der Waals surface area contributed by atoms with Gasteiger partial charge in [-0.1, -0.05) is 56.4 Å². The van der Waals surface area contributed by atoms with Crippen LogP contribution in [0.15, 0.2) is 24.3 Å². The third kappa shape index (κ3) is 2.91. The fourth-order valence-electron chi connectivity index (χ4n) is 3.83. The molecule has 0 heterocycles. The van der Waals surface area contributed by atoms with Gasteiger partial charge in [0.2, 0.25) is 0 Å². The summed E-state index contributed by atoms with van der Waals surface area (Å²) in [5.41, 5.74) is 2.82. The first-order chi connectivity index (χ1) is 9.34. The van der Waals surface area contributed by atoms with Crippen molar-refractivity contribution in [1.29, 1.82) is 0 Å². The van der Waals surface area contributed by atoms with Crippen molar-refractivity contribution in [1.82, 2.24) is 0 Å². The molecule has 1 saturated carbocycles. The number of hydrogen-bond donors (Lipinski definition) is 0. The fourth-order valence-corrected chi connectivity index (χ4v) is 3.83. The van der Waals surface area contributed by atoms with E-state index < -0.39 is 0 Å². The van der Waals surface area contributed by atoms with Gasteiger partial charge in [0.25, 0.3) is 0 Å². The molecule has 2 aliphatic carbocycles. The highest BCUT2D eigenvalue weighted by Gasteiger charge is 2.31. The molecule has 1 nitrogen and oxygen atoms in total. The van der Waals surface area contributed by atoms with Crippen LogP contribution in [0.4, 0.5) is 0 Å². The van der Waals surface area contributed by atoms with Gasteiger partial charge in [0.15, 0.2) is 0 Å². The van der Waals surface area contributed by atoms with E-state index in [4.69, 9.17) is 0 Å². The van der Waals surface area contributed by atoms with Crippen LogP contribution < -0.4 is 0 Å². The summed E-state index contributed by atoms with van der Waals surface area (Å²) in [4.78, 5) is 12.7. The summed E-state index contributed by atoms with van der Waals surface area (Å²) < 4.78 is 0. The Kier molecular flexibility index (Phi) is 4.00. The minimum absolute atomic E-state index is 0.279. The first-order valence-corrected chi connectivity index (χ1v) is 7.95. The Bertz CT molecular complexity index is 416. The zero-order valence-electron chi connectivity index (χ0n) is 11.7. The van der Waals surface area contributed by atoms with E-state index in [2.05, 4.69) is 24.3 Å². The van der Waals surface area contributed by atoms with Crippen molar-refractivity contribution >= 4 is 5.78 Å². The van der Waals surface area contributed by atoms with E-state index in [-0.39, 0.29) is 5.92 Å². The lowest BCUT2D eigenvalue weighted by atomic mass is 9.82. The van der Waals surface area contributed by atoms with Crippen molar-refractivity contribution in [3.8, 4) is 0 Å². The third-order valence-electron chi connectivity index (χ3n) is 4.96. The van der Waals surface area contributed by atoms with E-state index in [0.717, 1.165) is 25.7 Å². The molecule has 3 rings (SSSR count). The Balaban J connectivity index is 1.65. The van der Waals surface area contributed by atoms with Crippen molar-refractivity contribution in [2.75, 3.05) is 0 Å². The SMILES string of the molecule is O=C(C1CCCCCCC1)C1Cc2ccccc2C1. The Morgan fingerprint density at radius 1 is 0.789 bits per heavy atom. The summed E-state index contributed by atoms with van der Waals surface area (Å²) in [5, 5.41) is 0. The summed E-state index contributed by atoms with van der Waals surface area (Å²) in [6, 6.07) is 8.59. The number of carbonyl (C=O) groups is 1. The van der Waals surface area contributed by atoms with Crippen LogP contribution in [0.3, 0.4) is 0 Å². The zero-order chi connectivity index (χ0) is 13.1. The molecule has 102 valence electrons. The lowest BCUT2D eigenvalue weighted by Crippen LogP contribution is -2.25. The van der Waals surface area contributed by atoms with E-state index >= 15 is 0 Å². The van der Waals surface area contributed by atoms with Gasteiger partial charge in [-0.25, -0.2) is 0 Å². The van der Waals surface area contributed by atoms with Gasteiger partial charge in [0.1, 0.15) is 5.78 Å². The molecule has 0 radical (unpaired) electrons. The largest absolute Gasteiger partial charge is 0.299 e. The molecule has 0 unspecified atom stereocenters. The maximum absolute atomic E-state index is 12.7. The van der Waals surface area contributed by atoms with Gasteiger partial charge in [-0.15, -0.1) is 0 Å². The second-order valence-electron chi connectivity index (χ2n) is 6.32.